The van der Waals surface area contributed by atoms with Crippen molar-refractivity contribution in [1.82, 2.24) is 5.32 Å². The number of nitrogens with one attached hydrogen (secondary N) is 1. The first-order chi connectivity index (χ1) is 9.14. The molecule has 0 unspecified atom stereocenters. The zero-order chi connectivity index (χ0) is 15.4. The zero-order valence-corrected chi connectivity index (χ0v) is 14.2. The number of rotatable bonds is 7. The molecule has 2 atom stereocenters. The van der Waals surface area contributed by atoms with E-state index in [2.05, 4.69) is 26.1 Å². The van der Waals surface area contributed by atoms with Gasteiger partial charge in [0.25, 0.3) is 0 Å². The Morgan fingerprint density at radius 1 is 1.25 bits per heavy atom. The van der Waals surface area contributed by atoms with E-state index in [4.69, 9.17) is 0 Å². The topological polar surface area (TPSA) is 66.4 Å². The summed E-state index contributed by atoms with van der Waals surface area (Å²) in [5, 5.41) is 13.2. The van der Waals surface area contributed by atoms with Gasteiger partial charge in [-0.25, -0.2) is 8.42 Å². The van der Waals surface area contributed by atoms with Gasteiger partial charge in [-0.3, -0.25) is 0 Å². The highest BCUT2D eigenvalue weighted by molar-refractivity contribution is 7.91. The van der Waals surface area contributed by atoms with Crippen LogP contribution in [0.2, 0.25) is 0 Å². The van der Waals surface area contributed by atoms with Gasteiger partial charge in [0, 0.05) is 17.8 Å². The highest BCUT2D eigenvalue weighted by Crippen LogP contribution is 2.43. The summed E-state index contributed by atoms with van der Waals surface area (Å²) >= 11 is 0. The summed E-state index contributed by atoms with van der Waals surface area (Å²) in [6.07, 6.45) is 3.64. The molecule has 0 amide bonds. The molecule has 0 saturated heterocycles. The summed E-state index contributed by atoms with van der Waals surface area (Å²) in [7, 11) is -2.95. The van der Waals surface area contributed by atoms with Crippen LogP contribution in [0.4, 0.5) is 0 Å². The Bertz CT molecular complexity index is 405. The van der Waals surface area contributed by atoms with E-state index in [-0.39, 0.29) is 29.1 Å². The van der Waals surface area contributed by atoms with Gasteiger partial charge in [-0.2, -0.15) is 0 Å². The van der Waals surface area contributed by atoms with E-state index >= 15 is 0 Å². The zero-order valence-electron chi connectivity index (χ0n) is 13.4. The highest BCUT2D eigenvalue weighted by Gasteiger charge is 2.42. The molecule has 0 aliphatic heterocycles. The summed E-state index contributed by atoms with van der Waals surface area (Å²) in [5.74, 6) is 0.964. The number of sulfone groups is 1. The molecule has 1 aliphatic rings. The molecule has 20 heavy (non-hydrogen) atoms. The molecule has 120 valence electrons. The van der Waals surface area contributed by atoms with E-state index in [0.717, 1.165) is 19.3 Å². The van der Waals surface area contributed by atoms with Crippen LogP contribution in [0, 0.1) is 11.3 Å². The third-order valence-corrected chi connectivity index (χ3v) is 6.04. The number of hydrogen-bond donors (Lipinski definition) is 2. The van der Waals surface area contributed by atoms with Gasteiger partial charge >= 0.3 is 0 Å². The summed E-state index contributed by atoms with van der Waals surface area (Å²) in [6, 6.07) is 0. The molecule has 0 bridgehead atoms. The molecule has 5 heteroatoms. The van der Waals surface area contributed by atoms with Crippen LogP contribution in [-0.2, 0) is 9.84 Å². The van der Waals surface area contributed by atoms with Crippen molar-refractivity contribution in [2.24, 2.45) is 11.3 Å². The lowest BCUT2D eigenvalue weighted by Gasteiger charge is -2.47. The molecule has 2 N–H and O–H groups in total. The maximum atomic E-state index is 11.8. The van der Waals surface area contributed by atoms with Crippen molar-refractivity contribution < 1.29 is 13.5 Å². The smallest absolute Gasteiger partial charge is 0.151 e. The van der Waals surface area contributed by atoms with Crippen LogP contribution < -0.4 is 5.32 Å². The van der Waals surface area contributed by atoms with Gasteiger partial charge in [-0.05, 0) is 37.0 Å². The van der Waals surface area contributed by atoms with Gasteiger partial charge in [0.1, 0.15) is 0 Å². The van der Waals surface area contributed by atoms with E-state index < -0.39 is 9.84 Å². The predicted molar refractivity (Wildman–Crippen MR) is 83.6 cm³/mol. The molecule has 1 saturated carbocycles. The summed E-state index contributed by atoms with van der Waals surface area (Å²) < 4.78 is 23.5. The lowest BCUT2D eigenvalue weighted by Crippen LogP contribution is -2.56. The predicted octanol–water partition coefficient (Wildman–Crippen LogP) is 1.98. The Kier molecular flexibility index (Phi) is 6.05. The molecule has 0 aromatic rings. The SMILES string of the molecule is CCCS(=O)(=O)CCN[C@@]1(CO)C[C@H](C)CC(C)(C)C1. The highest BCUT2D eigenvalue weighted by atomic mass is 32.2. The summed E-state index contributed by atoms with van der Waals surface area (Å²) in [4.78, 5) is 0. The quantitative estimate of drug-likeness (QED) is 0.755. The molecule has 4 nitrogen and oxygen atoms in total. The lowest BCUT2D eigenvalue weighted by atomic mass is 9.64. The third kappa shape index (κ3) is 5.34. The second kappa shape index (κ2) is 6.75. The molecule has 1 aliphatic carbocycles. The number of aliphatic hydroxyl groups excluding tert-OH is 1. The van der Waals surface area contributed by atoms with Crippen LogP contribution in [-0.4, -0.2) is 43.7 Å². The maximum Gasteiger partial charge on any atom is 0.151 e. The first-order valence-electron chi connectivity index (χ1n) is 7.70. The number of aliphatic hydroxyl groups is 1. The molecule has 1 rings (SSSR count). The molecule has 0 spiro atoms. The molecule has 1 fully saturated rings. The summed E-state index contributed by atoms with van der Waals surface area (Å²) in [6.45, 7) is 9.05. The van der Waals surface area contributed by atoms with E-state index in [1.807, 2.05) is 6.92 Å². The van der Waals surface area contributed by atoms with Crippen molar-refractivity contribution in [3.63, 3.8) is 0 Å². The van der Waals surface area contributed by atoms with Gasteiger partial charge in [0.2, 0.25) is 0 Å². The van der Waals surface area contributed by atoms with E-state index in [9.17, 15) is 13.5 Å². The Hall–Kier alpha value is -0.130. The average Bonchev–Trinajstić information content (AvgIpc) is 2.25. The molecular weight excluding hydrogens is 274 g/mol. The fourth-order valence-electron chi connectivity index (χ4n) is 3.94. The van der Waals surface area contributed by atoms with Crippen molar-refractivity contribution in [1.29, 1.82) is 0 Å². The normalized spacial score (nSPS) is 30.4. The first kappa shape index (κ1) is 17.9. The van der Waals surface area contributed by atoms with Crippen LogP contribution in [0.3, 0.4) is 0 Å². The summed E-state index contributed by atoms with van der Waals surface area (Å²) in [5.41, 5.74) is -0.126. The van der Waals surface area contributed by atoms with E-state index in [0.29, 0.717) is 18.9 Å². The van der Waals surface area contributed by atoms with Gasteiger partial charge in [0.15, 0.2) is 9.84 Å². The molecule has 0 heterocycles. The van der Waals surface area contributed by atoms with Crippen LogP contribution in [0.5, 0.6) is 0 Å². The Labute approximate surface area is 124 Å². The Balaban J connectivity index is 2.62. The minimum Gasteiger partial charge on any atom is -0.394 e. The van der Waals surface area contributed by atoms with Crippen molar-refractivity contribution >= 4 is 9.84 Å². The Morgan fingerprint density at radius 3 is 2.40 bits per heavy atom. The van der Waals surface area contributed by atoms with Gasteiger partial charge in [0.05, 0.1) is 12.4 Å². The number of hydrogen-bond acceptors (Lipinski definition) is 4. The van der Waals surface area contributed by atoms with Gasteiger partial charge in [-0.15, -0.1) is 0 Å². The fraction of sp³-hybridized carbons (Fsp3) is 1.00. The lowest BCUT2D eigenvalue weighted by molar-refractivity contribution is 0.0378. The van der Waals surface area contributed by atoms with Crippen molar-refractivity contribution in [3.8, 4) is 0 Å². The largest absolute Gasteiger partial charge is 0.394 e. The molecule has 0 aromatic heterocycles. The van der Waals surface area contributed by atoms with Gasteiger partial charge < -0.3 is 10.4 Å². The van der Waals surface area contributed by atoms with E-state index in [1.54, 1.807) is 0 Å². The van der Waals surface area contributed by atoms with Gasteiger partial charge in [-0.1, -0.05) is 27.7 Å². The second-order valence-electron chi connectivity index (χ2n) is 7.37. The van der Waals surface area contributed by atoms with Crippen molar-refractivity contribution in [3.05, 3.63) is 0 Å². The molecule has 0 radical (unpaired) electrons. The minimum absolute atomic E-state index is 0.0780. The Morgan fingerprint density at radius 2 is 1.90 bits per heavy atom. The monoisotopic (exact) mass is 305 g/mol. The maximum absolute atomic E-state index is 11.8. The van der Waals surface area contributed by atoms with Crippen LogP contribution in [0.25, 0.3) is 0 Å². The van der Waals surface area contributed by atoms with Crippen LogP contribution in [0.15, 0.2) is 0 Å². The van der Waals surface area contributed by atoms with Crippen LogP contribution >= 0.6 is 0 Å². The second-order valence-corrected chi connectivity index (χ2v) is 9.68. The third-order valence-electron chi connectivity index (χ3n) is 4.19. The van der Waals surface area contributed by atoms with E-state index in [1.165, 1.54) is 0 Å². The molecular formula is C15H31NO3S. The molecule has 0 aromatic carbocycles. The first-order valence-corrected chi connectivity index (χ1v) is 9.52. The van der Waals surface area contributed by atoms with Crippen molar-refractivity contribution in [2.75, 3.05) is 24.7 Å². The standard InChI is InChI=1S/C15H31NO3S/c1-5-7-20(18,19)8-6-16-15(12-17)10-13(2)9-14(3,4)11-15/h13,16-17H,5-12H2,1-4H3/t13-,15+/m1/s1. The fourth-order valence-corrected chi connectivity index (χ4v) is 5.18. The van der Waals surface area contributed by atoms with Crippen molar-refractivity contribution in [2.45, 2.75) is 58.9 Å². The van der Waals surface area contributed by atoms with Crippen LogP contribution in [0.1, 0.15) is 53.4 Å². The average molecular weight is 305 g/mol. The minimum atomic E-state index is -2.95.